The quantitative estimate of drug-likeness (QED) is 0.513. The number of benzene rings is 2. The van der Waals surface area contributed by atoms with Crippen LogP contribution in [-0.2, 0) is 0 Å². The highest BCUT2D eigenvalue weighted by Crippen LogP contribution is 2.28. The standard InChI is InChI=1S/C18H14O3S/c1-2-20-15-10-6-9-13-11-14(18(22)21-17(13)15)16(19)12-7-4-3-5-8-12/h3-11H,2H2,1H3. The first kappa shape index (κ1) is 14.5. The maximum atomic E-state index is 12.6. The van der Waals surface area contributed by atoms with Gasteiger partial charge in [-0.2, -0.15) is 0 Å². The summed E-state index contributed by atoms with van der Waals surface area (Å²) in [5.74, 6) is 0.489. The summed E-state index contributed by atoms with van der Waals surface area (Å²) in [5, 5.41) is 0.791. The average Bonchev–Trinajstić information content (AvgIpc) is 2.55. The number of rotatable bonds is 4. The maximum absolute atomic E-state index is 12.6. The lowest BCUT2D eigenvalue weighted by atomic mass is 10.0. The summed E-state index contributed by atoms with van der Waals surface area (Å²) in [7, 11) is 0. The van der Waals surface area contributed by atoms with Crippen molar-refractivity contribution in [1.29, 1.82) is 0 Å². The average molecular weight is 310 g/mol. The molecule has 0 unspecified atom stereocenters. The molecule has 0 aliphatic carbocycles. The largest absolute Gasteiger partial charge is 0.490 e. The van der Waals surface area contributed by atoms with E-state index in [-0.39, 0.29) is 10.5 Å². The van der Waals surface area contributed by atoms with Crippen LogP contribution in [0, 0.1) is 4.71 Å². The van der Waals surface area contributed by atoms with Gasteiger partial charge in [-0.3, -0.25) is 4.79 Å². The first-order valence-electron chi connectivity index (χ1n) is 7.00. The number of fused-ring (bicyclic) bond motifs is 1. The molecule has 110 valence electrons. The highest BCUT2D eigenvalue weighted by molar-refractivity contribution is 7.71. The second kappa shape index (κ2) is 6.12. The van der Waals surface area contributed by atoms with Crippen molar-refractivity contribution in [2.24, 2.45) is 0 Å². The Morgan fingerprint density at radius 1 is 1.14 bits per heavy atom. The normalized spacial score (nSPS) is 10.6. The zero-order chi connectivity index (χ0) is 15.5. The topological polar surface area (TPSA) is 39.4 Å². The molecule has 0 aliphatic rings. The summed E-state index contributed by atoms with van der Waals surface area (Å²) in [5.41, 5.74) is 1.55. The molecule has 0 aliphatic heterocycles. The molecule has 3 nitrogen and oxygen atoms in total. The number of carbonyl (C=O) groups is 1. The Morgan fingerprint density at radius 3 is 2.64 bits per heavy atom. The molecule has 0 fully saturated rings. The SMILES string of the molecule is CCOc1cccc2cc(C(=O)c3ccccc3)c(=S)oc12. The van der Waals surface area contributed by atoms with Gasteiger partial charge in [0.1, 0.15) is 0 Å². The van der Waals surface area contributed by atoms with Crippen molar-refractivity contribution in [2.75, 3.05) is 6.61 Å². The predicted molar refractivity (Wildman–Crippen MR) is 88.1 cm³/mol. The Labute approximate surface area is 133 Å². The van der Waals surface area contributed by atoms with E-state index in [9.17, 15) is 4.79 Å². The van der Waals surface area contributed by atoms with Crippen LogP contribution in [0.5, 0.6) is 5.75 Å². The van der Waals surface area contributed by atoms with Gasteiger partial charge in [-0.05, 0) is 31.3 Å². The lowest BCUT2D eigenvalue weighted by molar-refractivity contribution is 0.103. The minimum absolute atomic E-state index is 0.141. The van der Waals surface area contributed by atoms with Gasteiger partial charge in [0.2, 0.25) is 4.71 Å². The molecule has 0 saturated heterocycles. The fraction of sp³-hybridized carbons (Fsp3) is 0.111. The van der Waals surface area contributed by atoms with Crippen LogP contribution in [0.15, 0.2) is 59.0 Å². The molecule has 22 heavy (non-hydrogen) atoms. The van der Waals surface area contributed by atoms with E-state index in [1.165, 1.54) is 0 Å². The van der Waals surface area contributed by atoms with Crippen molar-refractivity contribution in [1.82, 2.24) is 0 Å². The van der Waals surface area contributed by atoms with Crippen LogP contribution in [0.2, 0.25) is 0 Å². The Kier molecular flexibility index (Phi) is 4.02. The van der Waals surface area contributed by atoms with E-state index in [4.69, 9.17) is 21.4 Å². The lowest BCUT2D eigenvalue weighted by Gasteiger charge is -2.08. The van der Waals surface area contributed by atoms with E-state index >= 15 is 0 Å². The molecule has 0 radical (unpaired) electrons. The zero-order valence-electron chi connectivity index (χ0n) is 12.0. The van der Waals surface area contributed by atoms with E-state index in [0.717, 1.165) is 5.39 Å². The number of hydrogen-bond acceptors (Lipinski definition) is 4. The Balaban J connectivity index is 2.15. The minimum Gasteiger partial charge on any atom is -0.490 e. The molecule has 2 aromatic carbocycles. The molecule has 0 spiro atoms. The van der Waals surface area contributed by atoms with Crippen molar-refractivity contribution >= 4 is 29.0 Å². The van der Waals surface area contributed by atoms with Crippen LogP contribution >= 0.6 is 12.2 Å². The second-order valence-corrected chi connectivity index (χ2v) is 5.12. The van der Waals surface area contributed by atoms with Crippen LogP contribution in [-0.4, -0.2) is 12.4 Å². The molecule has 3 rings (SSSR count). The zero-order valence-corrected chi connectivity index (χ0v) is 12.9. The minimum atomic E-state index is -0.141. The molecule has 0 bridgehead atoms. The van der Waals surface area contributed by atoms with Gasteiger partial charge in [-0.1, -0.05) is 42.5 Å². The summed E-state index contributed by atoms with van der Waals surface area (Å²) >= 11 is 5.26. The van der Waals surface area contributed by atoms with Gasteiger partial charge in [-0.25, -0.2) is 0 Å². The van der Waals surface area contributed by atoms with Gasteiger partial charge < -0.3 is 9.15 Å². The van der Waals surface area contributed by atoms with Crippen molar-refractivity contribution in [3.8, 4) is 5.75 Å². The molecule has 0 N–H and O–H groups in total. The fourth-order valence-electron chi connectivity index (χ4n) is 2.29. The third-order valence-electron chi connectivity index (χ3n) is 3.30. The van der Waals surface area contributed by atoms with Crippen molar-refractivity contribution in [3.63, 3.8) is 0 Å². The van der Waals surface area contributed by atoms with Gasteiger partial charge in [0.25, 0.3) is 0 Å². The van der Waals surface area contributed by atoms with Gasteiger partial charge >= 0.3 is 0 Å². The molecular formula is C18H14O3S. The second-order valence-electron chi connectivity index (χ2n) is 4.75. The number of carbonyl (C=O) groups excluding carboxylic acids is 1. The third kappa shape index (κ3) is 2.65. The maximum Gasteiger partial charge on any atom is 0.202 e. The third-order valence-corrected chi connectivity index (χ3v) is 3.61. The number of ether oxygens (including phenoxy) is 1. The van der Waals surface area contributed by atoms with Crippen LogP contribution < -0.4 is 4.74 Å². The number of ketones is 1. The van der Waals surface area contributed by atoms with E-state index in [0.29, 0.717) is 29.1 Å². The number of para-hydroxylation sites is 1. The van der Waals surface area contributed by atoms with E-state index < -0.39 is 0 Å². The van der Waals surface area contributed by atoms with Crippen LogP contribution in [0.3, 0.4) is 0 Å². The Morgan fingerprint density at radius 2 is 1.91 bits per heavy atom. The summed E-state index contributed by atoms with van der Waals surface area (Å²) in [6.45, 7) is 2.44. The lowest BCUT2D eigenvalue weighted by Crippen LogP contribution is -2.02. The highest BCUT2D eigenvalue weighted by Gasteiger charge is 2.14. The van der Waals surface area contributed by atoms with E-state index in [2.05, 4.69) is 0 Å². The van der Waals surface area contributed by atoms with Crippen molar-refractivity contribution < 1.29 is 13.9 Å². The van der Waals surface area contributed by atoms with Crippen molar-refractivity contribution in [3.05, 3.63) is 70.4 Å². The summed E-state index contributed by atoms with van der Waals surface area (Å²) in [4.78, 5) is 12.6. The molecular weight excluding hydrogens is 296 g/mol. The smallest absolute Gasteiger partial charge is 0.202 e. The summed E-state index contributed by atoms with van der Waals surface area (Å²) in [6.07, 6.45) is 0. The monoisotopic (exact) mass is 310 g/mol. The van der Waals surface area contributed by atoms with Crippen LogP contribution in [0.4, 0.5) is 0 Å². The Hall–Kier alpha value is -2.46. The molecule has 0 atom stereocenters. The molecule has 0 saturated carbocycles. The highest BCUT2D eigenvalue weighted by atomic mass is 32.1. The molecule has 0 amide bonds. The molecule has 1 heterocycles. The molecule has 3 aromatic rings. The first-order chi connectivity index (χ1) is 10.7. The summed E-state index contributed by atoms with van der Waals surface area (Å²) < 4.78 is 11.4. The molecule has 4 heteroatoms. The molecule has 1 aromatic heterocycles. The van der Waals surface area contributed by atoms with E-state index in [1.807, 2.05) is 43.3 Å². The van der Waals surface area contributed by atoms with E-state index in [1.54, 1.807) is 18.2 Å². The number of hydrogen-bond donors (Lipinski definition) is 0. The van der Waals surface area contributed by atoms with Gasteiger partial charge in [0, 0.05) is 10.9 Å². The first-order valence-corrected chi connectivity index (χ1v) is 7.41. The van der Waals surface area contributed by atoms with Gasteiger partial charge in [-0.15, -0.1) is 0 Å². The predicted octanol–water partition coefficient (Wildman–Crippen LogP) is 4.79. The van der Waals surface area contributed by atoms with Crippen LogP contribution in [0.25, 0.3) is 11.0 Å². The summed E-state index contributed by atoms with van der Waals surface area (Å²) in [6, 6.07) is 16.4. The Bertz CT molecular complexity index is 882. The van der Waals surface area contributed by atoms with Gasteiger partial charge in [0.05, 0.1) is 12.2 Å². The van der Waals surface area contributed by atoms with Gasteiger partial charge in [0.15, 0.2) is 17.1 Å². The van der Waals surface area contributed by atoms with Crippen LogP contribution in [0.1, 0.15) is 22.8 Å². The van der Waals surface area contributed by atoms with Crippen molar-refractivity contribution in [2.45, 2.75) is 6.92 Å². The fourth-order valence-corrected chi connectivity index (χ4v) is 2.53.